The number of esters is 1. The fourth-order valence-corrected chi connectivity index (χ4v) is 3.48. The van der Waals surface area contributed by atoms with E-state index in [1.54, 1.807) is 18.6 Å². The van der Waals surface area contributed by atoms with E-state index in [0.29, 0.717) is 18.2 Å². The molecule has 20 heavy (non-hydrogen) atoms. The highest BCUT2D eigenvalue weighted by Crippen LogP contribution is 2.31. The SMILES string of the molecule is CCOC(=O)c1csc2ncnc(NC3CCCC3)c12. The molecule has 1 N–H and O–H groups in total. The second kappa shape index (κ2) is 5.75. The van der Waals surface area contributed by atoms with Gasteiger partial charge in [-0.25, -0.2) is 14.8 Å². The molecule has 3 rings (SSSR count). The fraction of sp³-hybridized carbons (Fsp3) is 0.500. The summed E-state index contributed by atoms with van der Waals surface area (Å²) in [4.78, 5) is 21.4. The Bertz CT molecular complexity index is 620. The molecule has 1 aliphatic rings. The normalized spacial score (nSPS) is 15.7. The first-order chi connectivity index (χ1) is 9.79. The summed E-state index contributed by atoms with van der Waals surface area (Å²) in [7, 11) is 0. The number of carbonyl (C=O) groups is 1. The molecular formula is C14H17N3O2S. The molecule has 0 radical (unpaired) electrons. The van der Waals surface area contributed by atoms with Gasteiger partial charge in [0.05, 0.1) is 17.6 Å². The Kier molecular flexibility index (Phi) is 3.82. The zero-order valence-electron chi connectivity index (χ0n) is 11.4. The molecule has 0 amide bonds. The van der Waals surface area contributed by atoms with Gasteiger partial charge < -0.3 is 10.1 Å². The molecule has 0 aromatic carbocycles. The zero-order chi connectivity index (χ0) is 13.9. The van der Waals surface area contributed by atoms with Crippen molar-refractivity contribution < 1.29 is 9.53 Å². The maximum atomic E-state index is 12.0. The molecule has 1 saturated carbocycles. The number of hydrogen-bond donors (Lipinski definition) is 1. The summed E-state index contributed by atoms with van der Waals surface area (Å²) in [5.41, 5.74) is 0.563. The Balaban J connectivity index is 1.97. The van der Waals surface area contributed by atoms with Crippen molar-refractivity contribution in [2.24, 2.45) is 0 Å². The van der Waals surface area contributed by atoms with Crippen molar-refractivity contribution in [3.05, 3.63) is 17.3 Å². The van der Waals surface area contributed by atoms with Gasteiger partial charge >= 0.3 is 5.97 Å². The van der Waals surface area contributed by atoms with Crippen LogP contribution in [0.5, 0.6) is 0 Å². The van der Waals surface area contributed by atoms with Gasteiger partial charge in [0.1, 0.15) is 17.0 Å². The second-order valence-electron chi connectivity index (χ2n) is 4.90. The third-order valence-electron chi connectivity index (χ3n) is 3.56. The number of fused-ring (bicyclic) bond motifs is 1. The molecule has 0 aliphatic heterocycles. The van der Waals surface area contributed by atoms with Crippen molar-refractivity contribution in [2.45, 2.75) is 38.6 Å². The first-order valence-electron chi connectivity index (χ1n) is 6.95. The van der Waals surface area contributed by atoms with Gasteiger partial charge in [-0.05, 0) is 19.8 Å². The first-order valence-corrected chi connectivity index (χ1v) is 7.83. The van der Waals surface area contributed by atoms with Crippen LogP contribution >= 0.6 is 11.3 Å². The first kappa shape index (κ1) is 13.3. The highest BCUT2D eigenvalue weighted by atomic mass is 32.1. The number of nitrogens with one attached hydrogen (secondary N) is 1. The summed E-state index contributed by atoms with van der Waals surface area (Å²) in [6.07, 6.45) is 6.36. The van der Waals surface area contributed by atoms with Gasteiger partial charge in [-0.3, -0.25) is 0 Å². The van der Waals surface area contributed by atoms with Gasteiger partial charge in [0, 0.05) is 11.4 Å². The van der Waals surface area contributed by atoms with Crippen molar-refractivity contribution in [3.8, 4) is 0 Å². The Morgan fingerprint density at radius 1 is 1.45 bits per heavy atom. The molecule has 5 nitrogen and oxygen atoms in total. The van der Waals surface area contributed by atoms with E-state index in [9.17, 15) is 4.79 Å². The maximum Gasteiger partial charge on any atom is 0.339 e. The van der Waals surface area contributed by atoms with Crippen molar-refractivity contribution in [2.75, 3.05) is 11.9 Å². The number of thiophene rings is 1. The van der Waals surface area contributed by atoms with E-state index in [1.165, 1.54) is 24.2 Å². The Morgan fingerprint density at radius 2 is 2.25 bits per heavy atom. The number of aromatic nitrogens is 2. The van der Waals surface area contributed by atoms with Crippen LogP contribution in [0.15, 0.2) is 11.7 Å². The fourth-order valence-electron chi connectivity index (χ4n) is 2.61. The molecule has 2 aromatic heterocycles. The average Bonchev–Trinajstić information content (AvgIpc) is 3.08. The standard InChI is InChI=1S/C14H17N3O2S/c1-2-19-14(18)10-7-20-13-11(10)12(15-8-16-13)17-9-5-3-4-6-9/h7-9H,2-6H2,1H3,(H,15,16,17). The Hall–Kier alpha value is -1.69. The number of carbonyl (C=O) groups excluding carboxylic acids is 1. The predicted molar refractivity (Wildman–Crippen MR) is 79.3 cm³/mol. The van der Waals surface area contributed by atoms with Gasteiger partial charge in [0.15, 0.2) is 0 Å². The number of anilines is 1. The molecule has 0 atom stereocenters. The third kappa shape index (κ3) is 2.47. The van der Waals surface area contributed by atoms with E-state index >= 15 is 0 Å². The average molecular weight is 291 g/mol. The topological polar surface area (TPSA) is 64.1 Å². The van der Waals surface area contributed by atoms with Crippen LogP contribution in [0.3, 0.4) is 0 Å². The Morgan fingerprint density at radius 3 is 3.00 bits per heavy atom. The second-order valence-corrected chi connectivity index (χ2v) is 5.76. The van der Waals surface area contributed by atoms with Crippen molar-refractivity contribution in [1.29, 1.82) is 0 Å². The molecule has 0 spiro atoms. The lowest BCUT2D eigenvalue weighted by Gasteiger charge is -2.13. The molecule has 0 saturated heterocycles. The number of ether oxygens (including phenoxy) is 1. The lowest BCUT2D eigenvalue weighted by atomic mass is 10.2. The van der Waals surface area contributed by atoms with E-state index in [2.05, 4.69) is 15.3 Å². The summed E-state index contributed by atoms with van der Waals surface area (Å²) in [5, 5.41) is 6.05. The van der Waals surface area contributed by atoms with Gasteiger partial charge in [-0.2, -0.15) is 0 Å². The van der Waals surface area contributed by atoms with Crippen LogP contribution in [0.25, 0.3) is 10.2 Å². The summed E-state index contributed by atoms with van der Waals surface area (Å²) >= 11 is 1.45. The zero-order valence-corrected chi connectivity index (χ0v) is 12.2. The molecule has 2 heterocycles. The number of rotatable bonds is 4. The van der Waals surface area contributed by atoms with Crippen molar-refractivity contribution >= 4 is 33.3 Å². The monoisotopic (exact) mass is 291 g/mol. The maximum absolute atomic E-state index is 12.0. The summed E-state index contributed by atoms with van der Waals surface area (Å²) in [6.45, 7) is 2.18. The lowest BCUT2D eigenvalue weighted by Crippen LogP contribution is -2.16. The van der Waals surface area contributed by atoms with Crippen LogP contribution in [0.1, 0.15) is 43.0 Å². The minimum absolute atomic E-state index is 0.303. The van der Waals surface area contributed by atoms with E-state index < -0.39 is 0 Å². The quantitative estimate of drug-likeness (QED) is 0.876. The molecule has 0 unspecified atom stereocenters. The van der Waals surface area contributed by atoms with E-state index in [-0.39, 0.29) is 5.97 Å². The van der Waals surface area contributed by atoms with Gasteiger partial charge in [-0.1, -0.05) is 12.8 Å². The minimum atomic E-state index is -0.303. The molecule has 0 bridgehead atoms. The summed E-state index contributed by atoms with van der Waals surface area (Å²) in [5.74, 6) is 0.453. The molecule has 1 aliphatic carbocycles. The molecule has 6 heteroatoms. The molecular weight excluding hydrogens is 274 g/mol. The van der Waals surface area contributed by atoms with Crippen molar-refractivity contribution in [3.63, 3.8) is 0 Å². The van der Waals surface area contributed by atoms with Crippen LogP contribution in [0.2, 0.25) is 0 Å². The van der Waals surface area contributed by atoms with Crippen LogP contribution in [-0.2, 0) is 4.74 Å². The van der Waals surface area contributed by atoms with Crippen LogP contribution < -0.4 is 5.32 Å². The largest absolute Gasteiger partial charge is 0.462 e. The molecule has 1 fully saturated rings. The summed E-state index contributed by atoms with van der Waals surface area (Å²) < 4.78 is 5.10. The highest BCUT2D eigenvalue weighted by Gasteiger charge is 2.21. The predicted octanol–water partition coefficient (Wildman–Crippen LogP) is 3.22. The van der Waals surface area contributed by atoms with Crippen LogP contribution in [0, 0.1) is 0 Å². The number of nitrogens with zero attached hydrogens (tertiary/aromatic N) is 2. The van der Waals surface area contributed by atoms with Gasteiger partial charge in [-0.15, -0.1) is 11.3 Å². The smallest absolute Gasteiger partial charge is 0.339 e. The van der Waals surface area contributed by atoms with Crippen LogP contribution in [-0.4, -0.2) is 28.6 Å². The van der Waals surface area contributed by atoms with E-state index in [4.69, 9.17) is 4.74 Å². The van der Waals surface area contributed by atoms with Crippen LogP contribution in [0.4, 0.5) is 5.82 Å². The highest BCUT2D eigenvalue weighted by molar-refractivity contribution is 7.17. The van der Waals surface area contributed by atoms with Gasteiger partial charge in [0.25, 0.3) is 0 Å². The van der Waals surface area contributed by atoms with E-state index in [0.717, 1.165) is 28.9 Å². The summed E-state index contributed by atoms with van der Waals surface area (Å²) in [6, 6.07) is 0.447. The van der Waals surface area contributed by atoms with Crippen molar-refractivity contribution in [1.82, 2.24) is 9.97 Å². The van der Waals surface area contributed by atoms with Gasteiger partial charge in [0.2, 0.25) is 0 Å². The van der Waals surface area contributed by atoms with E-state index in [1.807, 2.05) is 0 Å². The lowest BCUT2D eigenvalue weighted by molar-refractivity contribution is 0.0529. The minimum Gasteiger partial charge on any atom is -0.462 e. The molecule has 2 aromatic rings. The molecule has 106 valence electrons. The Labute approximate surface area is 121 Å². The third-order valence-corrected chi connectivity index (χ3v) is 4.45. The number of hydrogen-bond acceptors (Lipinski definition) is 6.